The summed E-state index contributed by atoms with van der Waals surface area (Å²) >= 11 is 12.3. The molecular weight excluding hydrogens is 435 g/mol. The molecule has 2 saturated heterocycles. The normalized spacial score (nSPS) is 22.9. The van der Waals surface area contributed by atoms with Crippen LogP contribution in [0.5, 0.6) is 0 Å². The van der Waals surface area contributed by atoms with Gasteiger partial charge in [-0.1, -0.05) is 59.6 Å². The smallest absolute Gasteiger partial charge is 0.266 e. The zero-order chi connectivity index (χ0) is 21.7. The van der Waals surface area contributed by atoms with Crippen molar-refractivity contribution >= 4 is 46.4 Å². The molecule has 2 fully saturated rings. The number of hydroxylamine groups is 1. The minimum Gasteiger partial charge on any atom is -0.273 e. The first-order valence-corrected chi connectivity index (χ1v) is 10.6. The van der Waals surface area contributed by atoms with E-state index in [4.69, 9.17) is 28.0 Å². The lowest BCUT2D eigenvalue weighted by Gasteiger charge is -2.29. The van der Waals surface area contributed by atoms with Gasteiger partial charge in [0.15, 0.2) is 6.10 Å². The highest BCUT2D eigenvalue weighted by molar-refractivity contribution is 6.32. The van der Waals surface area contributed by atoms with E-state index in [1.807, 2.05) is 42.5 Å². The summed E-state index contributed by atoms with van der Waals surface area (Å²) in [6.45, 7) is 1.79. The minimum absolute atomic E-state index is 0.307. The molecular formula is C24H18Cl2N2O3. The Labute approximate surface area is 189 Å². The van der Waals surface area contributed by atoms with Crippen LogP contribution in [0.2, 0.25) is 10.0 Å². The van der Waals surface area contributed by atoms with Crippen LogP contribution in [0.3, 0.4) is 0 Å². The van der Waals surface area contributed by atoms with E-state index in [9.17, 15) is 9.59 Å². The first-order chi connectivity index (χ1) is 15.0. The van der Waals surface area contributed by atoms with Crippen LogP contribution in [0.1, 0.15) is 17.2 Å². The zero-order valence-corrected chi connectivity index (χ0v) is 18.0. The van der Waals surface area contributed by atoms with E-state index < -0.39 is 24.0 Å². The number of rotatable bonds is 3. The van der Waals surface area contributed by atoms with E-state index in [-0.39, 0.29) is 5.91 Å². The molecule has 3 atom stereocenters. The summed E-state index contributed by atoms with van der Waals surface area (Å²) in [6.07, 6.45) is -0.924. The Morgan fingerprint density at radius 2 is 1.55 bits per heavy atom. The predicted molar refractivity (Wildman–Crippen MR) is 120 cm³/mol. The second kappa shape index (κ2) is 7.68. The van der Waals surface area contributed by atoms with E-state index >= 15 is 0 Å². The lowest BCUT2D eigenvalue weighted by molar-refractivity contribution is -0.126. The Hall–Kier alpha value is -2.86. The first kappa shape index (κ1) is 20.1. The molecule has 5 nitrogen and oxygen atoms in total. The molecule has 2 aliphatic rings. The third-order valence-electron chi connectivity index (χ3n) is 5.82. The van der Waals surface area contributed by atoms with Gasteiger partial charge in [0.2, 0.25) is 5.91 Å². The minimum atomic E-state index is -0.924. The van der Waals surface area contributed by atoms with Gasteiger partial charge in [-0.25, -0.2) is 9.96 Å². The molecule has 156 valence electrons. The maximum atomic E-state index is 13.6. The van der Waals surface area contributed by atoms with Gasteiger partial charge in [-0.05, 0) is 54.4 Å². The molecule has 0 unspecified atom stereocenters. The Morgan fingerprint density at radius 3 is 2.26 bits per heavy atom. The number of hydrogen-bond donors (Lipinski definition) is 0. The Bertz CT molecular complexity index is 1170. The molecule has 3 aromatic rings. The van der Waals surface area contributed by atoms with E-state index in [0.717, 1.165) is 11.3 Å². The fourth-order valence-corrected chi connectivity index (χ4v) is 4.58. The van der Waals surface area contributed by atoms with E-state index in [0.29, 0.717) is 21.3 Å². The number of fused-ring (bicyclic) bond motifs is 1. The van der Waals surface area contributed by atoms with Crippen molar-refractivity contribution in [1.29, 1.82) is 0 Å². The molecule has 0 N–H and O–H groups in total. The molecule has 2 aliphatic heterocycles. The van der Waals surface area contributed by atoms with E-state index in [1.54, 1.807) is 42.3 Å². The van der Waals surface area contributed by atoms with Crippen molar-refractivity contribution in [3.63, 3.8) is 0 Å². The van der Waals surface area contributed by atoms with E-state index in [2.05, 4.69) is 0 Å². The topological polar surface area (TPSA) is 49.9 Å². The number of carbonyl (C=O) groups is 2. The van der Waals surface area contributed by atoms with Crippen molar-refractivity contribution in [1.82, 2.24) is 0 Å². The molecule has 3 aromatic carbocycles. The maximum Gasteiger partial charge on any atom is 0.266 e. The van der Waals surface area contributed by atoms with Crippen molar-refractivity contribution in [2.75, 3.05) is 9.96 Å². The van der Waals surface area contributed by atoms with Crippen LogP contribution in [0.4, 0.5) is 11.4 Å². The number of carbonyl (C=O) groups excluding carboxylic acids is 2. The summed E-state index contributed by atoms with van der Waals surface area (Å²) in [5.41, 5.74) is 2.77. The predicted octanol–water partition coefficient (Wildman–Crippen LogP) is 5.35. The van der Waals surface area contributed by atoms with Gasteiger partial charge in [0.25, 0.3) is 5.91 Å². The molecule has 0 spiro atoms. The second-order valence-corrected chi connectivity index (χ2v) is 8.45. The average Bonchev–Trinajstić information content (AvgIpc) is 3.28. The van der Waals surface area contributed by atoms with Crippen LogP contribution in [-0.2, 0) is 14.4 Å². The fourth-order valence-electron chi connectivity index (χ4n) is 4.29. The monoisotopic (exact) mass is 452 g/mol. The fraction of sp³-hybridized carbons (Fsp3) is 0.167. The molecule has 0 saturated carbocycles. The highest BCUT2D eigenvalue weighted by atomic mass is 35.5. The summed E-state index contributed by atoms with van der Waals surface area (Å²) in [4.78, 5) is 34.3. The Balaban J connectivity index is 1.60. The summed E-state index contributed by atoms with van der Waals surface area (Å²) in [6, 6.07) is 21.4. The number of imide groups is 1. The van der Waals surface area contributed by atoms with Gasteiger partial charge in [0, 0.05) is 10.0 Å². The summed E-state index contributed by atoms with van der Waals surface area (Å²) < 4.78 is 0. The Kier molecular flexibility index (Phi) is 4.97. The molecule has 7 heteroatoms. The number of hydrogen-bond acceptors (Lipinski definition) is 4. The number of halogens is 2. The molecule has 2 heterocycles. The highest BCUT2D eigenvalue weighted by Gasteiger charge is 2.60. The Morgan fingerprint density at radius 1 is 0.839 bits per heavy atom. The third-order valence-corrected chi connectivity index (χ3v) is 6.48. The molecule has 31 heavy (non-hydrogen) atoms. The lowest BCUT2D eigenvalue weighted by atomic mass is 9.90. The van der Waals surface area contributed by atoms with Crippen molar-refractivity contribution < 1.29 is 14.4 Å². The van der Waals surface area contributed by atoms with Crippen molar-refractivity contribution in [2.24, 2.45) is 5.92 Å². The van der Waals surface area contributed by atoms with Crippen LogP contribution in [0, 0.1) is 12.8 Å². The zero-order valence-electron chi connectivity index (χ0n) is 16.5. The number of nitrogens with zero attached hydrogens (tertiary/aromatic N) is 2. The van der Waals surface area contributed by atoms with Gasteiger partial charge in [0.1, 0.15) is 5.92 Å². The number of amides is 2. The molecule has 0 radical (unpaired) electrons. The van der Waals surface area contributed by atoms with Crippen LogP contribution in [0.25, 0.3) is 0 Å². The number of benzene rings is 3. The first-order valence-electron chi connectivity index (χ1n) is 9.87. The van der Waals surface area contributed by atoms with E-state index in [1.165, 1.54) is 4.90 Å². The van der Waals surface area contributed by atoms with Crippen molar-refractivity contribution in [3.05, 3.63) is 94.0 Å². The van der Waals surface area contributed by atoms with Crippen molar-refractivity contribution in [3.8, 4) is 0 Å². The number of anilines is 2. The molecule has 2 amide bonds. The van der Waals surface area contributed by atoms with Crippen LogP contribution in [-0.4, -0.2) is 17.9 Å². The van der Waals surface area contributed by atoms with Crippen molar-refractivity contribution in [2.45, 2.75) is 19.1 Å². The van der Waals surface area contributed by atoms with Gasteiger partial charge in [-0.15, -0.1) is 0 Å². The molecule has 0 bridgehead atoms. The maximum absolute atomic E-state index is 13.6. The van der Waals surface area contributed by atoms with Crippen LogP contribution < -0.4 is 9.96 Å². The van der Waals surface area contributed by atoms with Gasteiger partial charge >= 0.3 is 0 Å². The highest BCUT2D eigenvalue weighted by Crippen LogP contribution is 2.48. The lowest BCUT2D eigenvalue weighted by Crippen LogP contribution is -2.37. The SMILES string of the molecule is Cc1c(Cl)cccc1N1C(=O)[C@H]2[C@H](ON(c3ccccc3)[C@@H]2c2ccc(Cl)cc2)C1=O. The van der Waals surface area contributed by atoms with Gasteiger partial charge in [-0.2, -0.15) is 0 Å². The molecule has 5 rings (SSSR count). The van der Waals surface area contributed by atoms with Gasteiger partial charge in [-0.3, -0.25) is 14.4 Å². The average molecular weight is 453 g/mol. The summed E-state index contributed by atoms with van der Waals surface area (Å²) in [5.74, 6) is -1.40. The molecule has 0 aliphatic carbocycles. The van der Waals surface area contributed by atoms with Crippen LogP contribution >= 0.6 is 23.2 Å². The third kappa shape index (κ3) is 3.21. The van der Waals surface area contributed by atoms with Gasteiger partial charge in [0.05, 0.1) is 17.4 Å². The number of para-hydroxylation sites is 1. The standard InChI is InChI=1S/C24H18Cl2N2O3/c1-14-18(26)8-5-9-19(14)27-23(29)20-21(15-10-12-16(25)13-11-15)28(31-22(20)24(27)30)17-6-3-2-4-7-17/h2-13,20-22H,1H3/t20-,21-,22+/m1/s1. The quantitative estimate of drug-likeness (QED) is 0.502. The van der Waals surface area contributed by atoms with Gasteiger partial charge < -0.3 is 0 Å². The molecule has 0 aromatic heterocycles. The summed E-state index contributed by atoms with van der Waals surface area (Å²) in [7, 11) is 0. The van der Waals surface area contributed by atoms with Crippen LogP contribution in [0.15, 0.2) is 72.8 Å². The largest absolute Gasteiger partial charge is 0.273 e. The summed E-state index contributed by atoms with van der Waals surface area (Å²) in [5, 5.41) is 2.75. The second-order valence-electron chi connectivity index (χ2n) is 7.61.